The van der Waals surface area contributed by atoms with Crippen molar-refractivity contribution in [2.75, 3.05) is 25.4 Å². The number of hydrogen-bond acceptors (Lipinski definition) is 5. The fourth-order valence-electron chi connectivity index (χ4n) is 3.02. The van der Waals surface area contributed by atoms with Crippen LogP contribution in [0, 0.1) is 0 Å². The zero-order valence-corrected chi connectivity index (χ0v) is 13.3. The smallest absolute Gasteiger partial charge is 0.211 e. The van der Waals surface area contributed by atoms with Crippen LogP contribution in [0.2, 0.25) is 0 Å². The molecule has 1 aliphatic heterocycles. The number of fused-ring (bicyclic) bond motifs is 3. The van der Waals surface area contributed by atoms with E-state index in [1.165, 1.54) is 32.4 Å². The van der Waals surface area contributed by atoms with Crippen LogP contribution < -0.4 is 0 Å². The van der Waals surface area contributed by atoms with Crippen LogP contribution in [0.15, 0.2) is 29.4 Å². The van der Waals surface area contributed by atoms with Gasteiger partial charge in [-0.2, -0.15) is 0 Å². The second-order valence-electron chi connectivity index (χ2n) is 5.71. The molecule has 0 aliphatic carbocycles. The maximum absolute atomic E-state index is 4.61. The topological polar surface area (TPSA) is 57.7 Å². The van der Waals surface area contributed by atoms with Crippen LogP contribution in [0.1, 0.15) is 20.7 Å². The van der Waals surface area contributed by atoms with Gasteiger partial charge in [0.2, 0.25) is 5.16 Å². The summed E-state index contributed by atoms with van der Waals surface area (Å²) in [5.74, 6) is 1.02. The van der Waals surface area contributed by atoms with Gasteiger partial charge in [-0.3, -0.25) is 0 Å². The Morgan fingerprint density at radius 2 is 2.00 bits per heavy atom. The number of benzene rings is 1. The number of piperidine rings is 1. The van der Waals surface area contributed by atoms with Gasteiger partial charge in [0.05, 0.1) is 0 Å². The Bertz CT molecular complexity index is 784. The zero-order valence-electron chi connectivity index (χ0n) is 12.5. The summed E-state index contributed by atoms with van der Waals surface area (Å²) in [6.45, 7) is 3.58. The molecule has 1 N–H and O–H groups in total. The van der Waals surface area contributed by atoms with E-state index in [0.29, 0.717) is 0 Å². The zero-order chi connectivity index (χ0) is 14.8. The molecule has 116 valence electrons. The third-order valence-electron chi connectivity index (χ3n) is 4.19. The van der Waals surface area contributed by atoms with Crippen LogP contribution in [0.25, 0.3) is 22.1 Å². The fourth-order valence-corrected chi connectivity index (χ4v) is 3.80. The molecule has 0 unspecified atom stereocenters. The molecule has 2 aromatic heterocycles. The normalized spacial score (nSPS) is 16.5. The summed E-state index contributed by atoms with van der Waals surface area (Å²) in [5, 5.41) is 10.5. The van der Waals surface area contributed by atoms with Crippen LogP contribution in [0.5, 0.6) is 0 Å². The van der Waals surface area contributed by atoms with Crippen LogP contribution in [-0.2, 0) is 0 Å². The minimum absolute atomic E-state index is 0. The van der Waals surface area contributed by atoms with E-state index >= 15 is 0 Å². The van der Waals surface area contributed by atoms with E-state index in [1.807, 2.05) is 24.3 Å². The lowest BCUT2D eigenvalue weighted by molar-refractivity contribution is 0.242. The number of thioether (sulfide) groups is 1. The van der Waals surface area contributed by atoms with Crippen molar-refractivity contribution in [3.8, 4) is 0 Å². The number of aromatic amines is 1. The van der Waals surface area contributed by atoms with Gasteiger partial charge >= 0.3 is 0 Å². The van der Waals surface area contributed by atoms with E-state index in [9.17, 15) is 0 Å². The summed E-state index contributed by atoms with van der Waals surface area (Å²) in [4.78, 5) is 10.5. The molecule has 0 saturated carbocycles. The number of para-hydroxylation sites is 1. The van der Waals surface area contributed by atoms with Crippen molar-refractivity contribution in [2.24, 2.45) is 0 Å². The van der Waals surface area contributed by atoms with Gasteiger partial charge < -0.3 is 9.88 Å². The molecule has 22 heavy (non-hydrogen) atoms. The first-order chi connectivity index (χ1) is 10.9. The summed E-state index contributed by atoms with van der Waals surface area (Å²) in [7, 11) is 0. The molecule has 0 spiro atoms. The van der Waals surface area contributed by atoms with Gasteiger partial charge in [-0.25, -0.2) is 4.98 Å². The second kappa shape index (κ2) is 6.22. The van der Waals surface area contributed by atoms with Crippen molar-refractivity contribution in [3.05, 3.63) is 24.3 Å². The van der Waals surface area contributed by atoms with Gasteiger partial charge in [-0.05, 0) is 32.0 Å². The number of likely N-dealkylation sites (tertiary alicyclic amines) is 1. The first kappa shape index (κ1) is 14.0. The highest BCUT2D eigenvalue weighted by molar-refractivity contribution is 7.99. The third-order valence-corrected chi connectivity index (χ3v) is 5.01. The van der Waals surface area contributed by atoms with Gasteiger partial charge in [0.1, 0.15) is 5.52 Å². The van der Waals surface area contributed by atoms with E-state index in [-0.39, 0.29) is 1.43 Å². The summed E-state index contributed by atoms with van der Waals surface area (Å²) < 4.78 is 0. The van der Waals surface area contributed by atoms with Crippen molar-refractivity contribution in [1.82, 2.24) is 25.1 Å². The minimum Gasteiger partial charge on any atom is -0.338 e. The Morgan fingerprint density at radius 1 is 1.14 bits per heavy atom. The van der Waals surface area contributed by atoms with Crippen LogP contribution in [0.3, 0.4) is 0 Å². The average Bonchev–Trinajstić information content (AvgIpc) is 2.93. The molecule has 4 rings (SSSR count). The molecule has 0 amide bonds. The minimum atomic E-state index is 0. The Labute approximate surface area is 135 Å². The van der Waals surface area contributed by atoms with Crippen molar-refractivity contribution in [3.63, 3.8) is 0 Å². The number of nitrogens with zero attached hydrogens (tertiary/aromatic N) is 4. The monoisotopic (exact) mass is 315 g/mol. The molecule has 0 radical (unpaired) electrons. The molecule has 0 atom stereocenters. The second-order valence-corrected chi connectivity index (χ2v) is 6.78. The first-order valence-corrected chi connectivity index (χ1v) is 8.85. The maximum atomic E-state index is 4.61. The molecule has 1 aliphatic rings. The molecular formula is C16H21N5S. The van der Waals surface area contributed by atoms with E-state index in [4.69, 9.17) is 0 Å². The maximum Gasteiger partial charge on any atom is 0.211 e. The van der Waals surface area contributed by atoms with Crippen LogP contribution in [0.4, 0.5) is 0 Å². The van der Waals surface area contributed by atoms with E-state index in [2.05, 4.69) is 25.1 Å². The van der Waals surface area contributed by atoms with Crippen LogP contribution >= 0.6 is 11.8 Å². The van der Waals surface area contributed by atoms with Crippen molar-refractivity contribution in [1.29, 1.82) is 0 Å². The number of aromatic nitrogens is 4. The lowest BCUT2D eigenvalue weighted by atomic mass is 10.1. The predicted octanol–water partition coefficient (Wildman–Crippen LogP) is 3.33. The predicted molar refractivity (Wildman–Crippen MR) is 92.3 cm³/mol. The van der Waals surface area contributed by atoms with Gasteiger partial charge in [0, 0.05) is 24.6 Å². The SMILES string of the molecule is [HH].c1ccc2c(c1)[nH]c1nc(SCCN3CCCCC3)nnc12. The summed E-state index contributed by atoms with van der Waals surface area (Å²) in [6.07, 6.45) is 4.06. The van der Waals surface area contributed by atoms with Crippen LogP contribution in [-0.4, -0.2) is 50.5 Å². The lowest BCUT2D eigenvalue weighted by Gasteiger charge is -2.25. The van der Waals surface area contributed by atoms with Crippen molar-refractivity contribution in [2.45, 2.75) is 24.4 Å². The lowest BCUT2D eigenvalue weighted by Crippen LogP contribution is -2.31. The standard InChI is InChI=1S/C16H19N5S.H2/c1-4-8-21(9-5-1)10-11-22-16-18-15-14(19-20-16)12-6-2-3-7-13(12)17-15;/h2-3,6-7H,1,4-5,8-11H2,(H,17,18,20);1H. The summed E-state index contributed by atoms with van der Waals surface area (Å²) in [6, 6.07) is 8.12. The third kappa shape index (κ3) is 2.80. The highest BCUT2D eigenvalue weighted by atomic mass is 32.2. The summed E-state index contributed by atoms with van der Waals surface area (Å²) >= 11 is 1.69. The summed E-state index contributed by atoms with van der Waals surface area (Å²) in [5.41, 5.74) is 2.75. The Kier molecular flexibility index (Phi) is 3.95. The first-order valence-electron chi connectivity index (χ1n) is 7.86. The highest BCUT2D eigenvalue weighted by Gasteiger charge is 2.11. The molecule has 1 fully saturated rings. The van der Waals surface area contributed by atoms with Gasteiger partial charge in [0.15, 0.2) is 5.65 Å². The van der Waals surface area contributed by atoms with E-state index < -0.39 is 0 Å². The van der Waals surface area contributed by atoms with Crippen molar-refractivity contribution >= 4 is 33.8 Å². The molecule has 0 bridgehead atoms. The number of rotatable bonds is 4. The quantitative estimate of drug-likeness (QED) is 0.748. The van der Waals surface area contributed by atoms with Gasteiger partial charge in [-0.1, -0.05) is 36.4 Å². The Morgan fingerprint density at radius 3 is 2.91 bits per heavy atom. The number of nitrogens with one attached hydrogen (secondary N) is 1. The fraction of sp³-hybridized carbons (Fsp3) is 0.438. The number of H-pyrrole nitrogens is 1. The van der Waals surface area contributed by atoms with Gasteiger partial charge in [0.25, 0.3) is 0 Å². The average molecular weight is 315 g/mol. The molecule has 5 nitrogen and oxygen atoms in total. The largest absolute Gasteiger partial charge is 0.338 e. The molecule has 1 aromatic carbocycles. The van der Waals surface area contributed by atoms with E-state index in [0.717, 1.165) is 39.5 Å². The number of hydrogen-bond donors (Lipinski definition) is 1. The van der Waals surface area contributed by atoms with Crippen molar-refractivity contribution < 1.29 is 1.43 Å². The molecule has 3 heterocycles. The Hall–Kier alpha value is -1.66. The molecule has 1 saturated heterocycles. The Balaban J connectivity index is 0.00000156. The molecule has 6 heteroatoms. The highest BCUT2D eigenvalue weighted by Crippen LogP contribution is 2.23. The van der Waals surface area contributed by atoms with E-state index in [1.54, 1.807) is 11.8 Å². The molecular weight excluding hydrogens is 294 g/mol. The van der Waals surface area contributed by atoms with Gasteiger partial charge in [-0.15, -0.1) is 10.2 Å². The molecule has 3 aromatic rings.